The molecular formula is C12H27NO3. The van der Waals surface area contributed by atoms with Gasteiger partial charge >= 0.3 is 0 Å². The summed E-state index contributed by atoms with van der Waals surface area (Å²) in [6, 6.07) is 0. The van der Waals surface area contributed by atoms with E-state index in [4.69, 9.17) is 14.6 Å². The maximum absolute atomic E-state index is 8.66. The Morgan fingerprint density at radius 1 is 1.06 bits per heavy atom. The molecule has 0 rings (SSSR count). The Labute approximate surface area is 99.5 Å². The van der Waals surface area contributed by atoms with E-state index in [1.54, 1.807) is 0 Å². The van der Waals surface area contributed by atoms with Crippen molar-refractivity contribution >= 4 is 0 Å². The van der Waals surface area contributed by atoms with E-state index in [-0.39, 0.29) is 6.29 Å². The largest absolute Gasteiger partial charge is 0.396 e. The van der Waals surface area contributed by atoms with Gasteiger partial charge in [-0.2, -0.15) is 0 Å². The molecule has 0 unspecified atom stereocenters. The van der Waals surface area contributed by atoms with Crippen molar-refractivity contribution in [2.75, 3.05) is 40.0 Å². The molecule has 0 aliphatic carbocycles. The molecule has 0 bridgehead atoms. The number of ether oxygens (including phenoxy) is 2. The third-order valence-electron chi connectivity index (χ3n) is 2.36. The average molecular weight is 233 g/mol. The van der Waals surface area contributed by atoms with E-state index in [1.807, 2.05) is 13.8 Å². The van der Waals surface area contributed by atoms with Crippen LogP contribution in [0.25, 0.3) is 0 Å². The molecule has 0 spiro atoms. The highest BCUT2D eigenvalue weighted by molar-refractivity contribution is 4.55. The standard InChI is InChI=1S/C12H27NO3/c1-4-15-12(16-5-2)11-13(3)9-7-6-8-10-14/h12,14H,4-11H2,1-3H3. The minimum Gasteiger partial charge on any atom is -0.396 e. The number of aliphatic hydroxyl groups excluding tert-OH is 1. The van der Waals surface area contributed by atoms with Gasteiger partial charge < -0.3 is 19.5 Å². The number of likely N-dealkylation sites (N-methyl/N-ethyl adjacent to an activating group) is 1. The van der Waals surface area contributed by atoms with Crippen LogP contribution in [0.2, 0.25) is 0 Å². The van der Waals surface area contributed by atoms with Crippen LogP contribution in [-0.2, 0) is 9.47 Å². The quantitative estimate of drug-likeness (QED) is 0.433. The minimum atomic E-state index is -0.113. The first-order valence-corrected chi connectivity index (χ1v) is 6.27. The second kappa shape index (κ2) is 11.3. The van der Waals surface area contributed by atoms with Crippen LogP contribution in [0, 0.1) is 0 Å². The Hall–Kier alpha value is -0.160. The molecule has 0 aliphatic rings. The van der Waals surface area contributed by atoms with Gasteiger partial charge in [0.15, 0.2) is 6.29 Å². The molecule has 0 amide bonds. The number of hydrogen-bond acceptors (Lipinski definition) is 4. The van der Waals surface area contributed by atoms with Gasteiger partial charge in [0.1, 0.15) is 0 Å². The average Bonchev–Trinajstić information content (AvgIpc) is 2.25. The highest BCUT2D eigenvalue weighted by Crippen LogP contribution is 2.01. The van der Waals surface area contributed by atoms with Crippen molar-refractivity contribution in [3.05, 3.63) is 0 Å². The van der Waals surface area contributed by atoms with E-state index >= 15 is 0 Å². The molecule has 0 aliphatic heterocycles. The van der Waals surface area contributed by atoms with Gasteiger partial charge in [0.25, 0.3) is 0 Å². The van der Waals surface area contributed by atoms with Crippen LogP contribution in [0.5, 0.6) is 0 Å². The monoisotopic (exact) mass is 233 g/mol. The first-order chi connectivity index (χ1) is 7.74. The highest BCUT2D eigenvalue weighted by atomic mass is 16.7. The van der Waals surface area contributed by atoms with Crippen LogP contribution in [0.3, 0.4) is 0 Å². The predicted molar refractivity (Wildman–Crippen MR) is 65.5 cm³/mol. The van der Waals surface area contributed by atoms with E-state index < -0.39 is 0 Å². The molecule has 98 valence electrons. The van der Waals surface area contributed by atoms with Gasteiger partial charge in [0.2, 0.25) is 0 Å². The molecule has 0 saturated carbocycles. The number of unbranched alkanes of at least 4 members (excludes halogenated alkanes) is 2. The molecule has 0 aromatic heterocycles. The predicted octanol–water partition coefficient (Wildman–Crippen LogP) is 1.48. The second-order valence-electron chi connectivity index (χ2n) is 3.89. The van der Waals surface area contributed by atoms with Gasteiger partial charge in [-0.15, -0.1) is 0 Å². The molecule has 0 atom stereocenters. The van der Waals surface area contributed by atoms with Crippen molar-refractivity contribution < 1.29 is 14.6 Å². The van der Waals surface area contributed by atoms with Gasteiger partial charge in [0.05, 0.1) is 0 Å². The molecule has 0 aromatic rings. The van der Waals surface area contributed by atoms with Gasteiger partial charge in [0, 0.05) is 26.4 Å². The summed E-state index contributed by atoms with van der Waals surface area (Å²) >= 11 is 0. The Morgan fingerprint density at radius 2 is 1.69 bits per heavy atom. The molecule has 0 fully saturated rings. The Balaban J connectivity index is 3.59. The fourth-order valence-electron chi connectivity index (χ4n) is 1.54. The SMILES string of the molecule is CCOC(CN(C)CCCCCO)OCC. The fraction of sp³-hybridized carbons (Fsp3) is 1.00. The molecular weight excluding hydrogens is 206 g/mol. The van der Waals surface area contributed by atoms with Crippen LogP contribution in [-0.4, -0.2) is 56.3 Å². The van der Waals surface area contributed by atoms with Crippen molar-refractivity contribution in [1.29, 1.82) is 0 Å². The van der Waals surface area contributed by atoms with Gasteiger partial charge in [-0.1, -0.05) is 0 Å². The third-order valence-corrected chi connectivity index (χ3v) is 2.36. The minimum absolute atomic E-state index is 0.113. The molecule has 1 N–H and O–H groups in total. The van der Waals surface area contributed by atoms with Gasteiger partial charge in [-0.25, -0.2) is 0 Å². The summed E-state index contributed by atoms with van der Waals surface area (Å²) in [6.45, 7) is 7.45. The number of aliphatic hydroxyl groups is 1. The Bertz CT molecular complexity index is 138. The highest BCUT2D eigenvalue weighted by Gasteiger charge is 2.10. The summed E-state index contributed by atoms with van der Waals surface area (Å²) in [7, 11) is 2.07. The summed E-state index contributed by atoms with van der Waals surface area (Å²) < 4.78 is 11.0. The van der Waals surface area contributed by atoms with Crippen molar-refractivity contribution in [1.82, 2.24) is 4.90 Å². The number of nitrogens with zero attached hydrogens (tertiary/aromatic N) is 1. The lowest BCUT2D eigenvalue weighted by Crippen LogP contribution is -2.33. The summed E-state index contributed by atoms with van der Waals surface area (Å²) in [5.74, 6) is 0. The number of hydrogen-bond donors (Lipinski definition) is 1. The van der Waals surface area contributed by atoms with Crippen molar-refractivity contribution in [3.8, 4) is 0 Å². The fourth-order valence-corrected chi connectivity index (χ4v) is 1.54. The zero-order chi connectivity index (χ0) is 12.2. The lowest BCUT2D eigenvalue weighted by molar-refractivity contribution is -0.145. The van der Waals surface area contributed by atoms with Crippen molar-refractivity contribution in [2.45, 2.75) is 39.4 Å². The first-order valence-electron chi connectivity index (χ1n) is 6.27. The Kier molecular flexibility index (Phi) is 11.2. The van der Waals surface area contributed by atoms with Gasteiger partial charge in [-0.3, -0.25) is 0 Å². The van der Waals surface area contributed by atoms with Crippen molar-refractivity contribution in [3.63, 3.8) is 0 Å². The normalized spacial score (nSPS) is 11.6. The van der Waals surface area contributed by atoms with E-state index in [9.17, 15) is 0 Å². The smallest absolute Gasteiger partial charge is 0.170 e. The zero-order valence-corrected chi connectivity index (χ0v) is 10.9. The first kappa shape index (κ1) is 15.8. The van der Waals surface area contributed by atoms with E-state index in [0.29, 0.717) is 19.8 Å². The van der Waals surface area contributed by atoms with Crippen molar-refractivity contribution in [2.24, 2.45) is 0 Å². The third kappa shape index (κ3) is 9.09. The summed E-state index contributed by atoms with van der Waals surface area (Å²) in [5.41, 5.74) is 0. The molecule has 0 aromatic carbocycles. The van der Waals surface area contributed by atoms with Crippen LogP contribution in [0.15, 0.2) is 0 Å². The maximum atomic E-state index is 8.66. The molecule has 4 heteroatoms. The zero-order valence-electron chi connectivity index (χ0n) is 10.9. The molecule has 4 nitrogen and oxygen atoms in total. The van der Waals surface area contributed by atoms with Crippen LogP contribution in [0.4, 0.5) is 0 Å². The molecule has 0 radical (unpaired) electrons. The van der Waals surface area contributed by atoms with Crippen LogP contribution in [0.1, 0.15) is 33.1 Å². The summed E-state index contributed by atoms with van der Waals surface area (Å²) in [6.07, 6.45) is 2.98. The summed E-state index contributed by atoms with van der Waals surface area (Å²) in [4.78, 5) is 2.22. The molecule has 0 saturated heterocycles. The van der Waals surface area contributed by atoms with E-state index in [1.165, 1.54) is 0 Å². The molecule has 0 heterocycles. The maximum Gasteiger partial charge on any atom is 0.170 e. The van der Waals surface area contributed by atoms with Gasteiger partial charge in [-0.05, 0) is 46.7 Å². The summed E-state index contributed by atoms with van der Waals surface area (Å²) in [5, 5.41) is 8.66. The number of rotatable bonds is 11. The Morgan fingerprint density at radius 3 is 2.19 bits per heavy atom. The topological polar surface area (TPSA) is 41.9 Å². The van der Waals surface area contributed by atoms with E-state index in [0.717, 1.165) is 32.4 Å². The lowest BCUT2D eigenvalue weighted by Gasteiger charge is -2.23. The lowest BCUT2D eigenvalue weighted by atomic mass is 10.2. The second-order valence-corrected chi connectivity index (χ2v) is 3.89. The van der Waals surface area contributed by atoms with Crippen LogP contribution >= 0.6 is 0 Å². The van der Waals surface area contributed by atoms with Crippen LogP contribution < -0.4 is 0 Å². The van der Waals surface area contributed by atoms with E-state index in [2.05, 4.69) is 11.9 Å². The molecule has 16 heavy (non-hydrogen) atoms.